The number of hydrogen-bond acceptors (Lipinski definition) is 4. The molecule has 1 heterocycles. The van der Waals surface area contributed by atoms with Gasteiger partial charge in [-0.15, -0.1) is 0 Å². The van der Waals surface area contributed by atoms with Gasteiger partial charge in [0.15, 0.2) is 16.6 Å². The minimum absolute atomic E-state index is 0.0664. The van der Waals surface area contributed by atoms with Crippen molar-refractivity contribution in [3.8, 4) is 0 Å². The second-order valence-electron chi connectivity index (χ2n) is 11.6. The molecule has 174 valence electrons. The van der Waals surface area contributed by atoms with Gasteiger partial charge in [-0.3, -0.25) is 4.79 Å². The van der Waals surface area contributed by atoms with Crippen LogP contribution in [0.3, 0.4) is 0 Å². The first kappa shape index (κ1) is 25.8. The summed E-state index contributed by atoms with van der Waals surface area (Å²) in [6, 6.07) is 3.28. The van der Waals surface area contributed by atoms with Gasteiger partial charge in [0.1, 0.15) is 5.60 Å². The van der Waals surface area contributed by atoms with Crippen molar-refractivity contribution in [3.63, 3.8) is 0 Å². The summed E-state index contributed by atoms with van der Waals surface area (Å²) in [6.45, 7) is 26.9. The van der Waals surface area contributed by atoms with Crippen LogP contribution < -0.4 is 0 Å². The summed E-state index contributed by atoms with van der Waals surface area (Å²) >= 11 is 0. The molecular formula is C24H46O4Si2. The highest BCUT2D eigenvalue weighted by atomic mass is 28.4. The van der Waals surface area contributed by atoms with Crippen LogP contribution >= 0.6 is 0 Å². The SMILES string of the molecule is C=C[C@]12OC(=O)[C@H]([C@@H](CO[Si](CC)(CC)CC)O[Si](C)(C)C(C)(C)C)[C@H]1CC2(C)C. The Balaban J connectivity index is 2.37. The molecule has 1 saturated carbocycles. The van der Waals surface area contributed by atoms with E-state index in [1.165, 1.54) is 0 Å². The Bertz CT molecular complexity index is 640. The lowest BCUT2D eigenvalue weighted by Gasteiger charge is -2.56. The largest absolute Gasteiger partial charge is 0.454 e. The molecule has 0 N–H and O–H groups in total. The maximum atomic E-state index is 13.2. The zero-order valence-electron chi connectivity index (χ0n) is 21.2. The third-order valence-electron chi connectivity index (χ3n) is 8.76. The van der Waals surface area contributed by atoms with Crippen molar-refractivity contribution < 1.29 is 18.4 Å². The Kier molecular flexibility index (Phi) is 7.31. The van der Waals surface area contributed by atoms with Crippen LogP contribution in [0.2, 0.25) is 36.3 Å². The lowest BCUT2D eigenvalue weighted by molar-refractivity contribution is -0.173. The Hall–Kier alpha value is -0.436. The molecule has 0 bridgehead atoms. The molecule has 0 spiro atoms. The zero-order valence-corrected chi connectivity index (χ0v) is 23.2. The van der Waals surface area contributed by atoms with E-state index in [2.05, 4.69) is 75.1 Å². The van der Waals surface area contributed by atoms with Gasteiger partial charge < -0.3 is 13.6 Å². The normalized spacial score (nSPS) is 29.7. The van der Waals surface area contributed by atoms with E-state index in [9.17, 15) is 4.79 Å². The first-order valence-corrected chi connectivity index (χ1v) is 17.3. The van der Waals surface area contributed by atoms with Gasteiger partial charge in [0.25, 0.3) is 0 Å². The fourth-order valence-electron chi connectivity index (χ4n) is 5.20. The number of carbonyl (C=O) groups is 1. The molecule has 1 aliphatic carbocycles. The zero-order chi connectivity index (χ0) is 23.2. The molecule has 0 radical (unpaired) electrons. The number of fused-ring (bicyclic) bond motifs is 1. The maximum Gasteiger partial charge on any atom is 0.312 e. The van der Waals surface area contributed by atoms with Crippen molar-refractivity contribution >= 4 is 22.6 Å². The molecule has 0 amide bonds. The molecule has 2 fully saturated rings. The molecule has 6 heteroatoms. The summed E-state index contributed by atoms with van der Waals surface area (Å²) in [7, 11) is -3.88. The third-order valence-corrected chi connectivity index (χ3v) is 17.9. The Labute approximate surface area is 187 Å². The van der Waals surface area contributed by atoms with Crippen LogP contribution in [0, 0.1) is 17.3 Å². The molecule has 30 heavy (non-hydrogen) atoms. The molecular weight excluding hydrogens is 408 g/mol. The highest BCUT2D eigenvalue weighted by molar-refractivity contribution is 6.74. The maximum absolute atomic E-state index is 13.2. The monoisotopic (exact) mass is 454 g/mol. The summed E-state index contributed by atoms with van der Waals surface area (Å²) in [5, 5.41) is 0.0664. The number of carbonyl (C=O) groups excluding carboxylic acids is 1. The standard InChI is InChI=1S/C24H46O4Si2/c1-12-24-18(16-23(24,8)9)20(21(25)27-24)19(28-29(10,11)22(5,6)7)17-26-30(13-2,14-3)15-4/h12,18-20H,1,13-17H2,2-11H3/t18-,19-,20+,24+/m1/s1. The van der Waals surface area contributed by atoms with Gasteiger partial charge >= 0.3 is 5.97 Å². The van der Waals surface area contributed by atoms with Gasteiger partial charge in [-0.05, 0) is 48.8 Å². The van der Waals surface area contributed by atoms with Crippen molar-refractivity contribution in [3.05, 3.63) is 12.7 Å². The molecule has 4 atom stereocenters. The first-order chi connectivity index (χ1) is 13.7. The van der Waals surface area contributed by atoms with E-state index in [1.54, 1.807) is 0 Å². The molecule has 4 nitrogen and oxygen atoms in total. The second-order valence-corrected chi connectivity index (χ2v) is 21.1. The number of ether oxygens (including phenoxy) is 1. The minimum Gasteiger partial charge on any atom is -0.454 e. The van der Waals surface area contributed by atoms with E-state index < -0.39 is 22.2 Å². The average molecular weight is 455 g/mol. The molecule has 0 aromatic heterocycles. The highest BCUT2D eigenvalue weighted by Crippen LogP contribution is 2.64. The topological polar surface area (TPSA) is 44.8 Å². The van der Waals surface area contributed by atoms with Crippen molar-refractivity contribution in [1.29, 1.82) is 0 Å². The lowest BCUT2D eigenvalue weighted by Crippen LogP contribution is -2.61. The van der Waals surface area contributed by atoms with Crippen LogP contribution in [-0.2, 0) is 18.4 Å². The molecule has 0 unspecified atom stereocenters. The number of esters is 1. The van der Waals surface area contributed by atoms with Crippen LogP contribution in [0.1, 0.15) is 61.8 Å². The summed E-state index contributed by atoms with van der Waals surface area (Å²) in [5.74, 6) is -0.284. The fourth-order valence-corrected chi connectivity index (χ4v) is 9.15. The molecule has 1 saturated heterocycles. The van der Waals surface area contributed by atoms with Gasteiger partial charge in [0.2, 0.25) is 0 Å². The molecule has 2 aliphatic rings. The smallest absolute Gasteiger partial charge is 0.312 e. The summed E-state index contributed by atoms with van der Waals surface area (Å²) in [4.78, 5) is 13.2. The van der Waals surface area contributed by atoms with Gasteiger partial charge in [0.05, 0.1) is 18.6 Å². The molecule has 0 aromatic carbocycles. The van der Waals surface area contributed by atoms with E-state index in [0.717, 1.165) is 24.6 Å². The summed E-state index contributed by atoms with van der Waals surface area (Å²) in [5.41, 5.74) is -0.653. The summed E-state index contributed by atoms with van der Waals surface area (Å²) in [6.07, 6.45) is 2.56. The Morgan fingerprint density at radius 2 is 1.73 bits per heavy atom. The average Bonchev–Trinajstić information content (AvgIpc) is 2.90. The first-order valence-electron chi connectivity index (χ1n) is 11.8. The van der Waals surface area contributed by atoms with E-state index in [1.807, 2.05) is 6.08 Å². The van der Waals surface area contributed by atoms with Crippen LogP contribution in [0.15, 0.2) is 12.7 Å². The predicted octanol–water partition coefficient (Wildman–Crippen LogP) is 6.54. The van der Waals surface area contributed by atoms with Crippen LogP contribution in [-0.4, -0.2) is 40.9 Å². The van der Waals surface area contributed by atoms with E-state index in [4.69, 9.17) is 13.6 Å². The van der Waals surface area contributed by atoms with E-state index in [0.29, 0.717) is 6.61 Å². The van der Waals surface area contributed by atoms with Crippen LogP contribution in [0.5, 0.6) is 0 Å². The quantitative estimate of drug-likeness (QED) is 0.213. The Morgan fingerprint density at radius 3 is 2.10 bits per heavy atom. The minimum atomic E-state index is -2.09. The van der Waals surface area contributed by atoms with Crippen molar-refractivity contribution in [1.82, 2.24) is 0 Å². The van der Waals surface area contributed by atoms with Gasteiger partial charge in [-0.25, -0.2) is 0 Å². The van der Waals surface area contributed by atoms with Crippen LogP contribution in [0.4, 0.5) is 0 Å². The molecule has 2 rings (SSSR count). The van der Waals surface area contributed by atoms with Crippen molar-refractivity contribution in [2.24, 2.45) is 17.3 Å². The summed E-state index contributed by atoms with van der Waals surface area (Å²) < 4.78 is 19.6. The third kappa shape index (κ3) is 4.14. The van der Waals surface area contributed by atoms with Gasteiger partial charge in [-0.2, -0.15) is 0 Å². The van der Waals surface area contributed by atoms with Crippen LogP contribution in [0.25, 0.3) is 0 Å². The van der Waals surface area contributed by atoms with E-state index in [-0.39, 0.29) is 34.4 Å². The predicted molar refractivity (Wildman–Crippen MR) is 130 cm³/mol. The van der Waals surface area contributed by atoms with Gasteiger partial charge in [0, 0.05) is 11.3 Å². The van der Waals surface area contributed by atoms with Crippen molar-refractivity contribution in [2.45, 2.75) is 110 Å². The Morgan fingerprint density at radius 1 is 1.20 bits per heavy atom. The van der Waals surface area contributed by atoms with Gasteiger partial charge in [-0.1, -0.05) is 62.0 Å². The van der Waals surface area contributed by atoms with E-state index >= 15 is 0 Å². The van der Waals surface area contributed by atoms with Crippen molar-refractivity contribution in [2.75, 3.05) is 6.61 Å². The number of hydrogen-bond donors (Lipinski definition) is 0. The fraction of sp³-hybridized carbons (Fsp3) is 0.875. The molecule has 0 aromatic rings. The molecule has 1 aliphatic heterocycles. The lowest BCUT2D eigenvalue weighted by atomic mass is 9.50. The second kappa shape index (κ2) is 8.49. The number of rotatable bonds is 10. The highest BCUT2D eigenvalue weighted by Gasteiger charge is 2.71.